The number of amides is 1. The summed E-state index contributed by atoms with van der Waals surface area (Å²) in [6.45, 7) is 6.98. The van der Waals surface area contributed by atoms with Crippen molar-refractivity contribution in [2.24, 2.45) is 0 Å². The van der Waals surface area contributed by atoms with Gasteiger partial charge in [0.15, 0.2) is 11.5 Å². The number of rotatable bonds is 7. The van der Waals surface area contributed by atoms with E-state index in [0.29, 0.717) is 30.3 Å². The van der Waals surface area contributed by atoms with Gasteiger partial charge in [0.25, 0.3) is 5.91 Å². The maximum atomic E-state index is 12.4. The molecule has 4 nitrogen and oxygen atoms in total. The standard InChI is InChI=1S/C19H23NO3/c1-4-14-7-10-16(11-8-14)20-19(21)15-9-12-17(22-5-2)18(13-15)23-6-3/h7-13H,4-6H2,1-3H3,(H,20,21). The molecule has 4 heteroatoms. The molecule has 0 aliphatic heterocycles. The molecule has 1 N–H and O–H groups in total. The van der Waals surface area contributed by atoms with Crippen LogP contribution in [0.15, 0.2) is 42.5 Å². The van der Waals surface area contributed by atoms with Gasteiger partial charge in [0, 0.05) is 11.3 Å². The lowest BCUT2D eigenvalue weighted by atomic mass is 10.1. The van der Waals surface area contributed by atoms with Gasteiger partial charge in [-0.2, -0.15) is 0 Å². The lowest BCUT2D eigenvalue weighted by Gasteiger charge is -2.12. The van der Waals surface area contributed by atoms with Crippen LogP contribution in [0, 0.1) is 0 Å². The van der Waals surface area contributed by atoms with Crippen molar-refractivity contribution in [1.29, 1.82) is 0 Å². The van der Waals surface area contributed by atoms with Crippen LogP contribution in [0.2, 0.25) is 0 Å². The van der Waals surface area contributed by atoms with Crippen LogP contribution in [0.4, 0.5) is 5.69 Å². The number of hydrogen-bond acceptors (Lipinski definition) is 3. The predicted octanol–water partition coefficient (Wildman–Crippen LogP) is 4.30. The van der Waals surface area contributed by atoms with E-state index in [-0.39, 0.29) is 5.91 Å². The molecule has 2 aromatic carbocycles. The molecule has 0 aliphatic rings. The molecule has 0 spiro atoms. The van der Waals surface area contributed by atoms with E-state index in [9.17, 15) is 4.79 Å². The van der Waals surface area contributed by atoms with Gasteiger partial charge in [-0.15, -0.1) is 0 Å². The van der Waals surface area contributed by atoms with E-state index in [1.165, 1.54) is 5.56 Å². The molecule has 1 amide bonds. The van der Waals surface area contributed by atoms with Crippen molar-refractivity contribution in [3.05, 3.63) is 53.6 Å². The van der Waals surface area contributed by atoms with Crippen LogP contribution in [0.5, 0.6) is 11.5 Å². The second-order valence-electron chi connectivity index (χ2n) is 5.03. The number of carbonyl (C=O) groups excluding carboxylic acids is 1. The van der Waals surface area contributed by atoms with Crippen molar-refractivity contribution in [3.8, 4) is 11.5 Å². The van der Waals surface area contributed by atoms with E-state index in [1.807, 2.05) is 38.1 Å². The second-order valence-corrected chi connectivity index (χ2v) is 5.03. The second kappa shape index (κ2) is 8.22. The molecule has 23 heavy (non-hydrogen) atoms. The molecule has 0 unspecified atom stereocenters. The van der Waals surface area contributed by atoms with E-state index >= 15 is 0 Å². The number of nitrogens with one attached hydrogen (secondary N) is 1. The van der Waals surface area contributed by atoms with Crippen LogP contribution in [0.1, 0.15) is 36.7 Å². The summed E-state index contributed by atoms with van der Waals surface area (Å²) >= 11 is 0. The van der Waals surface area contributed by atoms with Gasteiger partial charge in [-0.3, -0.25) is 4.79 Å². The zero-order valence-corrected chi connectivity index (χ0v) is 13.9. The van der Waals surface area contributed by atoms with Crippen LogP contribution in [0.25, 0.3) is 0 Å². The molecule has 0 saturated carbocycles. The van der Waals surface area contributed by atoms with Gasteiger partial charge in [-0.25, -0.2) is 0 Å². The number of anilines is 1. The fourth-order valence-electron chi connectivity index (χ4n) is 2.22. The maximum absolute atomic E-state index is 12.4. The van der Waals surface area contributed by atoms with E-state index in [4.69, 9.17) is 9.47 Å². The van der Waals surface area contributed by atoms with Crippen molar-refractivity contribution in [2.45, 2.75) is 27.2 Å². The van der Waals surface area contributed by atoms with E-state index < -0.39 is 0 Å². The molecule has 0 aromatic heterocycles. The Bertz CT molecular complexity index is 650. The van der Waals surface area contributed by atoms with Crippen molar-refractivity contribution in [2.75, 3.05) is 18.5 Å². The van der Waals surface area contributed by atoms with Crippen molar-refractivity contribution in [3.63, 3.8) is 0 Å². The first kappa shape index (κ1) is 16.9. The smallest absolute Gasteiger partial charge is 0.255 e. The van der Waals surface area contributed by atoms with Gasteiger partial charge < -0.3 is 14.8 Å². The topological polar surface area (TPSA) is 47.6 Å². The van der Waals surface area contributed by atoms with Crippen LogP contribution >= 0.6 is 0 Å². The number of hydrogen-bond donors (Lipinski definition) is 1. The Hall–Kier alpha value is -2.49. The Labute approximate surface area is 137 Å². The normalized spacial score (nSPS) is 10.2. The Morgan fingerprint density at radius 2 is 1.57 bits per heavy atom. The van der Waals surface area contributed by atoms with Crippen LogP contribution in [-0.4, -0.2) is 19.1 Å². The fourth-order valence-corrected chi connectivity index (χ4v) is 2.22. The van der Waals surface area contributed by atoms with Gasteiger partial charge >= 0.3 is 0 Å². The first-order chi connectivity index (χ1) is 11.2. The van der Waals surface area contributed by atoms with Crippen molar-refractivity contribution in [1.82, 2.24) is 0 Å². The first-order valence-electron chi connectivity index (χ1n) is 7.97. The predicted molar refractivity (Wildman–Crippen MR) is 92.6 cm³/mol. The molecule has 122 valence electrons. The van der Waals surface area contributed by atoms with Crippen LogP contribution in [-0.2, 0) is 6.42 Å². The highest BCUT2D eigenvalue weighted by molar-refractivity contribution is 6.04. The summed E-state index contributed by atoms with van der Waals surface area (Å²) < 4.78 is 11.1. The summed E-state index contributed by atoms with van der Waals surface area (Å²) in [6, 6.07) is 13.1. The zero-order chi connectivity index (χ0) is 16.7. The fraction of sp³-hybridized carbons (Fsp3) is 0.316. The quantitative estimate of drug-likeness (QED) is 0.829. The highest BCUT2D eigenvalue weighted by Crippen LogP contribution is 2.28. The van der Waals surface area contributed by atoms with Crippen molar-refractivity contribution < 1.29 is 14.3 Å². The summed E-state index contributed by atoms with van der Waals surface area (Å²) in [6.07, 6.45) is 0.977. The SMILES string of the molecule is CCOc1ccc(C(=O)Nc2ccc(CC)cc2)cc1OCC. The van der Waals surface area contributed by atoms with Gasteiger partial charge in [-0.1, -0.05) is 19.1 Å². The third-order valence-electron chi connectivity index (χ3n) is 3.43. The summed E-state index contributed by atoms with van der Waals surface area (Å²) in [4.78, 5) is 12.4. The monoisotopic (exact) mass is 313 g/mol. The summed E-state index contributed by atoms with van der Waals surface area (Å²) in [5, 5.41) is 2.89. The van der Waals surface area contributed by atoms with E-state index in [1.54, 1.807) is 18.2 Å². The Balaban J connectivity index is 2.15. The largest absolute Gasteiger partial charge is 0.490 e. The third-order valence-corrected chi connectivity index (χ3v) is 3.43. The number of benzene rings is 2. The molecule has 2 rings (SSSR count). The van der Waals surface area contributed by atoms with E-state index in [2.05, 4.69) is 12.2 Å². The van der Waals surface area contributed by atoms with Gasteiger partial charge in [0.2, 0.25) is 0 Å². The minimum absolute atomic E-state index is 0.168. The molecule has 0 bridgehead atoms. The number of ether oxygens (including phenoxy) is 2. The molecule has 0 radical (unpaired) electrons. The number of aryl methyl sites for hydroxylation is 1. The lowest BCUT2D eigenvalue weighted by molar-refractivity contribution is 0.102. The molecular formula is C19H23NO3. The Morgan fingerprint density at radius 3 is 2.17 bits per heavy atom. The molecule has 0 aliphatic carbocycles. The van der Waals surface area contributed by atoms with Crippen LogP contribution < -0.4 is 14.8 Å². The molecule has 2 aromatic rings. The van der Waals surface area contributed by atoms with Gasteiger partial charge in [-0.05, 0) is 56.2 Å². The summed E-state index contributed by atoms with van der Waals surface area (Å²) in [7, 11) is 0. The molecule has 0 fully saturated rings. The van der Waals surface area contributed by atoms with Crippen molar-refractivity contribution >= 4 is 11.6 Å². The summed E-state index contributed by atoms with van der Waals surface area (Å²) in [5.74, 6) is 1.07. The van der Waals surface area contributed by atoms with Gasteiger partial charge in [0.1, 0.15) is 0 Å². The Kier molecular flexibility index (Phi) is 6.03. The average molecular weight is 313 g/mol. The summed E-state index contributed by atoms with van der Waals surface area (Å²) in [5.41, 5.74) is 2.55. The minimum Gasteiger partial charge on any atom is -0.490 e. The average Bonchev–Trinajstić information content (AvgIpc) is 2.57. The maximum Gasteiger partial charge on any atom is 0.255 e. The zero-order valence-electron chi connectivity index (χ0n) is 13.9. The van der Waals surface area contributed by atoms with Gasteiger partial charge in [0.05, 0.1) is 13.2 Å². The first-order valence-corrected chi connectivity index (χ1v) is 7.97. The number of carbonyl (C=O) groups is 1. The molecular weight excluding hydrogens is 290 g/mol. The van der Waals surface area contributed by atoms with E-state index in [0.717, 1.165) is 12.1 Å². The van der Waals surface area contributed by atoms with Crippen LogP contribution in [0.3, 0.4) is 0 Å². The molecule has 0 atom stereocenters. The molecule has 0 heterocycles. The third kappa shape index (κ3) is 4.49. The molecule has 0 saturated heterocycles. The Morgan fingerprint density at radius 1 is 0.913 bits per heavy atom. The highest BCUT2D eigenvalue weighted by Gasteiger charge is 2.11. The highest BCUT2D eigenvalue weighted by atomic mass is 16.5. The minimum atomic E-state index is -0.168. The lowest BCUT2D eigenvalue weighted by Crippen LogP contribution is -2.12.